The minimum absolute atomic E-state index is 0.701. The number of hydrogen-bond acceptors (Lipinski definition) is 1. The summed E-state index contributed by atoms with van der Waals surface area (Å²) in [6, 6.07) is 7.56. The number of benzene rings is 1. The van der Waals surface area contributed by atoms with Crippen LogP contribution in [0.3, 0.4) is 0 Å². The molecule has 1 saturated carbocycles. The molecule has 1 aromatic carbocycles. The van der Waals surface area contributed by atoms with E-state index in [4.69, 9.17) is 0 Å². The first-order valence-electron chi connectivity index (χ1n) is 7.72. The lowest BCUT2D eigenvalue weighted by atomic mass is 9.85. The van der Waals surface area contributed by atoms with Gasteiger partial charge in [0.15, 0.2) is 0 Å². The molecule has 0 bridgehead atoms. The molecule has 0 amide bonds. The predicted molar refractivity (Wildman–Crippen MR) is 78.1 cm³/mol. The van der Waals surface area contributed by atoms with E-state index in [0.717, 1.165) is 5.92 Å². The van der Waals surface area contributed by atoms with Crippen molar-refractivity contribution in [1.29, 1.82) is 0 Å². The van der Waals surface area contributed by atoms with E-state index >= 15 is 0 Å². The molecule has 1 N–H and O–H groups in total. The lowest BCUT2D eigenvalue weighted by Gasteiger charge is -2.32. The van der Waals surface area contributed by atoms with Gasteiger partial charge in [0.2, 0.25) is 0 Å². The predicted octanol–water partition coefficient (Wildman–Crippen LogP) is 4.56. The molecule has 1 nitrogen and oxygen atoms in total. The number of hydrogen-bond donors (Lipinski definition) is 1. The molecule has 1 aromatic rings. The van der Waals surface area contributed by atoms with Crippen molar-refractivity contribution in [3.8, 4) is 0 Å². The van der Waals surface area contributed by atoms with Crippen LogP contribution < -0.4 is 5.32 Å². The highest BCUT2D eigenvalue weighted by Crippen LogP contribution is 2.32. The molecule has 0 spiro atoms. The van der Waals surface area contributed by atoms with Gasteiger partial charge < -0.3 is 5.32 Å². The van der Waals surface area contributed by atoms with Crippen LogP contribution >= 0.6 is 0 Å². The van der Waals surface area contributed by atoms with Gasteiger partial charge in [-0.15, -0.1) is 0 Å². The summed E-state index contributed by atoms with van der Waals surface area (Å²) in [5.74, 6) is 0.832. The summed E-state index contributed by atoms with van der Waals surface area (Å²) in [5, 5.41) is 3.86. The summed E-state index contributed by atoms with van der Waals surface area (Å²) in [7, 11) is 0. The molecule has 0 saturated heterocycles. The molecule has 2 atom stereocenters. The monoisotopic (exact) mass is 243 g/mol. The Morgan fingerprint density at radius 3 is 2.72 bits per heavy atom. The highest BCUT2D eigenvalue weighted by atomic mass is 14.9. The third-order valence-electron chi connectivity index (χ3n) is 4.85. The zero-order valence-corrected chi connectivity index (χ0v) is 11.5. The molecular weight excluding hydrogens is 218 g/mol. The van der Waals surface area contributed by atoms with Crippen molar-refractivity contribution >= 4 is 5.69 Å². The molecule has 0 heterocycles. The van der Waals surface area contributed by atoms with E-state index < -0.39 is 0 Å². The fourth-order valence-corrected chi connectivity index (χ4v) is 3.65. The van der Waals surface area contributed by atoms with Crippen LogP contribution in [0.5, 0.6) is 0 Å². The van der Waals surface area contributed by atoms with E-state index in [9.17, 15) is 0 Å². The third kappa shape index (κ3) is 2.41. The highest BCUT2D eigenvalue weighted by Gasteiger charge is 2.22. The van der Waals surface area contributed by atoms with E-state index in [-0.39, 0.29) is 0 Å². The van der Waals surface area contributed by atoms with Crippen LogP contribution in [0.4, 0.5) is 5.69 Å². The minimum Gasteiger partial charge on any atom is -0.382 e. The van der Waals surface area contributed by atoms with E-state index in [2.05, 4.69) is 30.4 Å². The van der Waals surface area contributed by atoms with Crippen LogP contribution in [0, 0.1) is 5.92 Å². The maximum Gasteiger partial charge on any atom is 0.0377 e. The van der Waals surface area contributed by atoms with Crippen molar-refractivity contribution in [2.45, 2.75) is 64.3 Å². The molecule has 2 unspecified atom stereocenters. The van der Waals surface area contributed by atoms with Crippen molar-refractivity contribution in [1.82, 2.24) is 0 Å². The van der Waals surface area contributed by atoms with Gasteiger partial charge in [-0.25, -0.2) is 0 Å². The largest absolute Gasteiger partial charge is 0.382 e. The molecule has 0 radical (unpaired) electrons. The number of aryl methyl sites for hydroxylation is 1. The van der Waals surface area contributed by atoms with Crippen LogP contribution in [0.15, 0.2) is 18.2 Å². The van der Waals surface area contributed by atoms with Gasteiger partial charge in [0.05, 0.1) is 0 Å². The van der Waals surface area contributed by atoms with Crippen molar-refractivity contribution in [2.75, 3.05) is 5.32 Å². The smallest absolute Gasteiger partial charge is 0.0377 e. The van der Waals surface area contributed by atoms with Gasteiger partial charge in [-0.3, -0.25) is 0 Å². The summed E-state index contributed by atoms with van der Waals surface area (Å²) >= 11 is 0. The molecule has 1 heteroatoms. The third-order valence-corrected chi connectivity index (χ3v) is 4.85. The quantitative estimate of drug-likeness (QED) is 0.803. The fraction of sp³-hybridized carbons (Fsp3) is 0.647. The number of fused-ring (bicyclic) bond motifs is 1. The second kappa shape index (κ2) is 5.34. The lowest BCUT2D eigenvalue weighted by molar-refractivity contribution is 0.349. The molecule has 0 aromatic heterocycles. The molecule has 98 valence electrons. The average Bonchev–Trinajstić information content (AvgIpc) is 2.42. The molecule has 3 rings (SSSR count). The molecule has 2 aliphatic carbocycles. The Morgan fingerprint density at radius 2 is 1.83 bits per heavy atom. The van der Waals surface area contributed by atoms with Gasteiger partial charge >= 0.3 is 0 Å². The van der Waals surface area contributed by atoms with Gasteiger partial charge in [0.1, 0.15) is 0 Å². The molecule has 18 heavy (non-hydrogen) atoms. The van der Waals surface area contributed by atoms with E-state index in [0.29, 0.717) is 6.04 Å². The average molecular weight is 243 g/mol. The van der Waals surface area contributed by atoms with Gasteiger partial charge in [-0.1, -0.05) is 31.9 Å². The number of rotatable bonds is 2. The Labute approximate surface area is 111 Å². The summed E-state index contributed by atoms with van der Waals surface area (Å²) in [4.78, 5) is 0. The second-order valence-corrected chi connectivity index (χ2v) is 6.16. The van der Waals surface area contributed by atoms with Crippen LogP contribution in [-0.2, 0) is 12.8 Å². The SMILES string of the molecule is CC1CCCCC1Nc1cccc2c1CCCC2. The number of anilines is 1. The van der Waals surface area contributed by atoms with E-state index in [1.54, 1.807) is 11.1 Å². The van der Waals surface area contributed by atoms with E-state index in [1.165, 1.54) is 57.1 Å². The second-order valence-electron chi connectivity index (χ2n) is 6.16. The van der Waals surface area contributed by atoms with Crippen molar-refractivity contribution in [3.05, 3.63) is 29.3 Å². The summed E-state index contributed by atoms with van der Waals surface area (Å²) in [6.07, 6.45) is 10.9. The van der Waals surface area contributed by atoms with Crippen molar-refractivity contribution in [3.63, 3.8) is 0 Å². The zero-order chi connectivity index (χ0) is 12.4. The topological polar surface area (TPSA) is 12.0 Å². The normalized spacial score (nSPS) is 27.6. The Kier molecular flexibility index (Phi) is 3.58. The molecule has 2 aliphatic rings. The van der Waals surface area contributed by atoms with Gasteiger partial charge in [-0.2, -0.15) is 0 Å². The van der Waals surface area contributed by atoms with Gasteiger partial charge in [-0.05, 0) is 61.6 Å². The van der Waals surface area contributed by atoms with Crippen LogP contribution in [0.1, 0.15) is 56.6 Å². The van der Waals surface area contributed by atoms with Crippen LogP contribution in [0.25, 0.3) is 0 Å². The minimum atomic E-state index is 0.701. The highest BCUT2D eigenvalue weighted by molar-refractivity contribution is 5.56. The Balaban J connectivity index is 1.79. The molecule has 1 fully saturated rings. The first-order chi connectivity index (χ1) is 8.84. The first-order valence-corrected chi connectivity index (χ1v) is 7.72. The fourth-order valence-electron chi connectivity index (χ4n) is 3.65. The Bertz CT molecular complexity index is 410. The maximum atomic E-state index is 3.86. The summed E-state index contributed by atoms with van der Waals surface area (Å²) in [6.45, 7) is 2.41. The summed E-state index contributed by atoms with van der Waals surface area (Å²) < 4.78 is 0. The maximum absolute atomic E-state index is 3.86. The summed E-state index contributed by atoms with van der Waals surface area (Å²) in [5.41, 5.74) is 4.64. The lowest BCUT2D eigenvalue weighted by Crippen LogP contribution is -2.31. The van der Waals surface area contributed by atoms with Crippen molar-refractivity contribution in [2.24, 2.45) is 5.92 Å². The zero-order valence-electron chi connectivity index (χ0n) is 11.5. The van der Waals surface area contributed by atoms with Crippen molar-refractivity contribution < 1.29 is 0 Å². The van der Waals surface area contributed by atoms with Gasteiger partial charge in [0, 0.05) is 11.7 Å². The van der Waals surface area contributed by atoms with Crippen LogP contribution in [0.2, 0.25) is 0 Å². The standard InChI is InChI=1S/C17H25N/c1-13-7-2-5-11-16(13)18-17-12-6-9-14-8-3-4-10-15(14)17/h6,9,12-13,16,18H,2-5,7-8,10-11H2,1H3. The van der Waals surface area contributed by atoms with E-state index in [1.807, 2.05) is 0 Å². The Hall–Kier alpha value is -0.980. The molecule has 0 aliphatic heterocycles. The number of nitrogens with one attached hydrogen (secondary N) is 1. The van der Waals surface area contributed by atoms with Crippen LogP contribution in [-0.4, -0.2) is 6.04 Å². The van der Waals surface area contributed by atoms with Gasteiger partial charge in [0.25, 0.3) is 0 Å². The molecular formula is C17H25N. The first kappa shape index (κ1) is 12.1. The Morgan fingerprint density at radius 1 is 1.00 bits per heavy atom.